The lowest BCUT2D eigenvalue weighted by atomic mass is 10.2. The van der Waals surface area contributed by atoms with E-state index in [9.17, 15) is 9.18 Å². The van der Waals surface area contributed by atoms with Gasteiger partial charge >= 0.3 is 5.97 Å². The first-order chi connectivity index (χ1) is 7.99. The topological polar surface area (TPSA) is 55.1 Å². The summed E-state index contributed by atoms with van der Waals surface area (Å²) in [6.45, 7) is 3.51. The highest BCUT2D eigenvalue weighted by Gasteiger charge is 2.14. The maximum Gasteiger partial charge on any atom is 0.356 e. The third kappa shape index (κ3) is 2.04. The van der Waals surface area contributed by atoms with Gasteiger partial charge in [0, 0.05) is 5.69 Å². The molecule has 0 saturated heterocycles. The lowest BCUT2D eigenvalue weighted by Crippen LogP contribution is -2.04. The summed E-state index contributed by atoms with van der Waals surface area (Å²) < 4.78 is 14.9. The summed E-state index contributed by atoms with van der Waals surface area (Å²) >= 11 is 0. The number of carboxylic acids is 1. The molecule has 0 fully saturated rings. The molecule has 0 atom stereocenters. The Bertz CT molecular complexity index is 590. The van der Waals surface area contributed by atoms with Crippen LogP contribution >= 0.6 is 0 Å². The van der Waals surface area contributed by atoms with Crippen LogP contribution in [0.1, 0.15) is 21.7 Å². The van der Waals surface area contributed by atoms with Crippen molar-refractivity contribution in [3.63, 3.8) is 0 Å². The summed E-state index contributed by atoms with van der Waals surface area (Å²) in [7, 11) is 0. The smallest absolute Gasteiger partial charge is 0.356 e. The quantitative estimate of drug-likeness (QED) is 0.867. The number of halogens is 1. The van der Waals surface area contributed by atoms with Crippen molar-refractivity contribution in [3.8, 4) is 5.69 Å². The average Bonchev–Trinajstić information content (AvgIpc) is 2.64. The summed E-state index contributed by atoms with van der Waals surface area (Å²) in [5, 5.41) is 12.7. The van der Waals surface area contributed by atoms with Gasteiger partial charge in [0.05, 0.1) is 0 Å². The number of hydrogen-bond acceptors (Lipinski definition) is 2. The highest BCUT2D eigenvalue weighted by molar-refractivity contribution is 5.85. The molecule has 4 nitrogen and oxygen atoms in total. The van der Waals surface area contributed by atoms with Crippen molar-refractivity contribution in [2.75, 3.05) is 0 Å². The normalized spacial score (nSPS) is 10.5. The van der Waals surface area contributed by atoms with E-state index in [2.05, 4.69) is 5.10 Å². The van der Waals surface area contributed by atoms with Crippen LogP contribution in [0, 0.1) is 19.7 Å². The van der Waals surface area contributed by atoms with Crippen LogP contribution < -0.4 is 0 Å². The second-order valence-electron chi connectivity index (χ2n) is 3.84. The van der Waals surface area contributed by atoms with Crippen molar-refractivity contribution in [2.45, 2.75) is 13.8 Å². The average molecular weight is 234 g/mol. The van der Waals surface area contributed by atoms with Crippen molar-refractivity contribution in [1.82, 2.24) is 9.78 Å². The Kier molecular flexibility index (Phi) is 2.67. The minimum atomic E-state index is -1.13. The Hall–Kier alpha value is -2.17. The monoisotopic (exact) mass is 234 g/mol. The van der Waals surface area contributed by atoms with Crippen LogP contribution in [-0.4, -0.2) is 20.9 Å². The molecule has 88 valence electrons. The molecule has 5 heteroatoms. The van der Waals surface area contributed by atoms with Crippen molar-refractivity contribution in [2.24, 2.45) is 0 Å². The van der Waals surface area contributed by atoms with Crippen LogP contribution in [0.4, 0.5) is 4.39 Å². The van der Waals surface area contributed by atoms with E-state index in [0.29, 0.717) is 5.69 Å². The minimum Gasteiger partial charge on any atom is -0.476 e. The molecule has 0 aliphatic carbocycles. The molecule has 1 N–H and O–H groups in total. The third-order valence-electron chi connectivity index (χ3n) is 2.44. The fourth-order valence-electron chi connectivity index (χ4n) is 1.61. The molecule has 0 unspecified atom stereocenters. The van der Waals surface area contributed by atoms with Gasteiger partial charge in [-0.05, 0) is 37.6 Å². The molecular formula is C12H11FN2O2. The lowest BCUT2D eigenvalue weighted by molar-refractivity contribution is 0.0690. The van der Waals surface area contributed by atoms with Gasteiger partial charge in [0.25, 0.3) is 0 Å². The first-order valence-electron chi connectivity index (χ1n) is 5.05. The van der Waals surface area contributed by atoms with Crippen LogP contribution in [0.15, 0.2) is 24.3 Å². The molecule has 0 aliphatic heterocycles. The van der Waals surface area contributed by atoms with Gasteiger partial charge in [-0.3, -0.25) is 0 Å². The van der Waals surface area contributed by atoms with E-state index in [1.165, 1.54) is 16.8 Å². The summed E-state index contributed by atoms with van der Waals surface area (Å²) in [6, 6.07) is 6.02. The molecule has 1 aromatic heterocycles. The fraction of sp³-hybridized carbons (Fsp3) is 0.167. The van der Waals surface area contributed by atoms with Crippen molar-refractivity contribution >= 4 is 5.97 Å². The number of aromatic carboxylic acids is 1. The van der Waals surface area contributed by atoms with Gasteiger partial charge in [0.15, 0.2) is 5.69 Å². The first kappa shape index (κ1) is 11.3. The van der Waals surface area contributed by atoms with Crippen LogP contribution in [0.3, 0.4) is 0 Å². The van der Waals surface area contributed by atoms with E-state index in [-0.39, 0.29) is 11.4 Å². The van der Waals surface area contributed by atoms with Crippen molar-refractivity contribution in [1.29, 1.82) is 0 Å². The zero-order valence-corrected chi connectivity index (χ0v) is 9.44. The molecule has 0 saturated carbocycles. The molecule has 0 aliphatic rings. The molecule has 0 spiro atoms. The number of aromatic nitrogens is 2. The molecule has 0 amide bonds. The number of nitrogens with zero attached hydrogens (tertiary/aromatic N) is 2. The van der Waals surface area contributed by atoms with Crippen LogP contribution in [0.5, 0.6) is 0 Å². The van der Waals surface area contributed by atoms with E-state index in [0.717, 1.165) is 5.56 Å². The number of hydrogen-bond donors (Lipinski definition) is 1. The van der Waals surface area contributed by atoms with Gasteiger partial charge in [0.2, 0.25) is 0 Å². The van der Waals surface area contributed by atoms with E-state index in [1.807, 2.05) is 6.92 Å². The largest absolute Gasteiger partial charge is 0.476 e. The van der Waals surface area contributed by atoms with Crippen LogP contribution in [0.25, 0.3) is 5.69 Å². The predicted molar refractivity (Wildman–Crippen MR) is 60.0 cm³/mol. The lowest BCUT2D eigenvalue weighted by Gasteiger charge is -2.06. The molecule has 2 aromatic rings. The van der Waals surface area contributed by atoms with E-state index < -0.39 is 11.8 Å². The summed E-state index contributed by atoms with van der Waals surface area (Å²) in [5.74, 6) is -1.56. The standard InChI is InChI=1S/C12H11FN2O2/c1-7-3-4-9(13)11(5-7)15-8(2)6-10(14-15)12(16)17/h3-6H,1-2H3,(H,16,17). The second-order valence-corrected chi connectivity index (χ2v) is 3.84. The Labute approximate surface area is 97.3 Å². The summed E-state index contributed by atoms with van der Waals surface area (Å²) in [4.78, 5) is 10.8. The Morgan fingerprint density at radius 3 is 2.65 bits per heavy atom. The zero-order valence-electron chi connectivity index (χ0n) is 9.44. The zero-order chi connectivity index (χ0) is 12.6. The number of rotatable bonds is 2. The molecule has 17 heavy (non-hydrogen) atoms. The SMILES string of the molecule is Cc1ccc(F)c(-n2nc(C(=O)O)cc2C)c1. The molecule has 0 radical (unpaired) electrons. The molecule has 2 rings (SSSR count). The second kappa shape index (κ2) is 4.01. The van der Waals surface area contributed by atoms with Gasteiger partial charge in [-0.25, -0.2) is 13.9 Å². The van der Waals surface area contributed by atoms with Gasteiger partial charge in [-0.2, -0.15) is 5.10 Å². The first-order valence-corrected chi connectivity index (χ1v) is 5.05. The Balaban J connectivity index is 2.60. The maximum atomic E-state index is 13.6. The maximum absolute atomic E-state index is 13.6. The number of aryl methyl sites for hydroxylation is 2. The third-order valence-corrected chi connectivity index (χ3v) is 2.44. The van der Waals surface area contributed by atoms with Gasteiger partial charge in [-0.1, -0.05) is 6.07 Å². The highest BCUT2D eigenvalue weighted by Crippen LogP contribution is 2.17. The Morgan fingerprint density at radius 2 is 2.06 bits per heavy atom. The molecule has 1 aromatic carbocycles. The highest BCUT2D eigenvalue weighted by atomic mass is 19.1. The summed E-state index contributed by atoms with van der Waals surface area (Å²) in [5.41, 5.74) is 1.62. The predicted octanol–water partition coefficient (Wildman–Crippen LogP) is 2.33. The van der Waals surface area contributed by atoms with Crippen molar-refractivity contribution < 1.29 is 14.3 Å². The van der Waals surface area contributed by atoms with Crippen LogP contribution in [0.2, 0.25) is 0 Å². The van der Waals surface area contributed by atoms with E-state index in [1.54, 1.807) is 19.1 Å². The fourth-order valence-corrected chi connectivity index (χ4v) is 1.61. The summed E-state index contributed by atoms with van der Waals surface area (Å²) in [6.07, 6.45) is 0. The van der Waals surface area contributed by atoms with Crippen molar-refractivity contribution in [3.05, 3.63) is 47.0 Å². The van der Waals surface area contributed by atoms with Gasteiger partial charge in [0.1, 0.15) is 11.5 Å². The van der Waals surface area contributed by atoms with E-state index in [4.69, 9.17) is 5.11 Å². The number of carboxylic acid groups (broad SMARTS) is 1. The van der Waals surface area contributed by atoms with E-state index >= 15 is 0 Å². The van der Waals surface area contributed by atoms with Gasteiger partial charge in [-0.15, -0.1) is 0 Å². The van der Waals surface area contributed by atoms with Gasteiger partial charge < -0.3 is 5.11 Å². The number of carbonyl (C=O) groups is 1. The Morgan fingerprint density at radius 1 is 1.35 bits per heavy atom. The molecule has 1 heterocycles. The minimum absolute atomic E-state index is 0.0941. The molecule has 0 bridgehead atoms. The van der Waals surface area contributed by atoms with Crippen LogP contribution in [-0.2, 0) is 0 Å². The molecular weight excluding hydrogens is 223 g/mol. The number of benzene rings is 1.